The molecule has 3 aromatic carbocycles. The van der Waals surface area contributed by atoms with Gasteiger partial charge in [-0.3, -0.25) is 4.79 Å². The molecule has 0 aliphatic carbocycles. The van der Waals surface area contributed by atoms with Crippen LogP contribution in [0.5, 0.6) is 5.75 Å². The molecule has 160 valence electrons. The van der Waals surface area contributed by atoms with E-state index in [0.717, 1.165) is 11.4 Å². The van der Waals surface area contributed by atoms with Gasteiger partial charge in [-0.15, -0.1) is 10.2 Å². The van der Waals surface area contributed by atoms with Crippen LogP contribution in [0.25, 0.3) is 11.3 Å². The number of carbonyl (C=O) groups is 1. The van der Waals surface area contributed by atoms with E-state index in [-0.39, 0.29) is 11.7 Å². The van der Waals surface area contributed by atoms with Crippen LogP contribution in [0.2, 0.25) is 0 Å². The van der Waals surface area contributed by atoms with Crippen molar-refractivity contribution in [3.05, 3.63) is 96.3 Å². The summed E-state index contributed by atoms with van der Waals surface area (Å²) in [6, 6.07) is 24.0. The van der Waals surface area contributed by atoms with Gasteiger partial charge in [0.2, 0.25) is 0 Å². The molecule has 6 nitrogen and oxygen atoms in total. The predicted octanol–water partition coefficient (Wildman–Crippen LogP) is 5.68. The molecule has 4 rings (SSSR count). The summed E-state index contributed by atoms with van der Waals surface area (Å²) in [7, 11) is 0. The lowest BCUT2D eigenvalue weighted by molar-refractivity contribution is 0.102. The molecule has 1 aromatic heterocycles. The van der Waals surface area contributed by atoms with E-state index in [0.29, 0.717) is 34.9 Å². The predicted molar refractivity (Wildman–Crippen MR) is 123 cm³/mol. The number of nitrogens with zero attached hydrogens (tertiary/aromatic N) is 2. The van der Waals surface area contributed by atoms with E-state index in [4.69, 9.17) is 4.74 Å². The SMILES string of the molecule is CCOc1ccc(NC(=O)c2ccc(Nc3ccc(-c4cccc(F)c4)nn3)cc2)cc1. The first-order chi connectivity index (χ1) is 15.6. The van der Waals surface area contributed by atoms with Crippen LogP contribution in [0.3, 0.4) is 0 Å². The van der Waals surface area contributed by atoms with Crippen molar-refractivity contribution in [3.8, 4) is 17.0 Å². The van der Waals surface area contributed by atoms with Gasteiger partial charge in [0.15, 0.2) is 5.82 Å². The molecule has 1 amide bonds. The van der Waals surface area contributed by atoms with Gasteiger partial charge < -0.3 is 15.4 Å². The third-order valence-electron chi connectivity index (χ3n) is 4.63. The summed E-state index contributed by atoms with van der Waals surface area (Å²) in [5.41, 5.74) is 3.21. The minimum atomic E-state index is -0.321. The summed E-state index contributed by atoms with van der Waals surface area (Å²) >= 11 is 0. The molecule has 7 heteroatoms. The number of carbonyl (C=O) groups excluding carboxylic acids is 1. The Labute approximate surface area is 185 Å². The third-order valence-corrected chi connectivity index (χ3v) is 4.63. The van der Waals surface area contributed by atoms with Gasteiger partial charge in [-0.2, -0.15) is 0 Å². The Hall–Kier alpha value is -4.26. The molecule has 0 spiro atoms. The van der Waals surface area contributed by atoms with Crippen LogP contribution in [-0.2, 0) is 0 Å². The highest BCUT2D eigenvalue weighted by Gasteiger charge is 2.07. The first kappa shape index (κ1) is 21.0. The van der Waals surface area contributed by atoms with Gasteiger partial charge in [0.1, 0.15) is 11.6 Å². The number of amides is 1. The average molecular weight is 428 g/mol. The number of ether oxygens (including phenoxy) is 1. The van der Waals surface area contributed by atoms with E-state index in [9.17, 15) is 9.18 Å². The van der Waals surface area contributed by atoms with Crippen molar-refractivity contribution in [2.45, 2.75) is 6.92 Å². The maximum Gasteiger partial charge on any atom is 0.255 e. The van der Waals surface area contributed by atoms with E-state index in [2.05, 4.69) is 20.8 Å². The largest absolute Gasteiger partial charge is 0.494 e. The van der Waals surface area contributed by atoms with Gasteiger partial charge >= 0.3 is 0 Å². The van der Waals surface area contributed by atoms with Gasteiger partial charge in [0.25, 0.3) is 5.91 Å². The van der Waals surface area contributed by atoms with E-state index >= 15 is 0 Å². The second-order valence-corrected chi connectivity index (χ2v) is 6.93. The molecular weight excluding hydrogens is 407 g/mol. The van der Waals surface area contributed by atoms with Crippen molar-refractivity contribution < 1.29 is 13.9 Å². The summed E-state index contributed by atoms with van der Waals surface area (Å²) in [5.74, 6) is 0.767. The summed E-state index contributed by atoms with van der Waals surface area (Å²) in [4.78, 5) is 12.5. The third kappa shape index (κ3) is 5.26. The molecule has 4 aromatic rings. The Morgan fingerprint density at radius 1 is 0.906 bits per heavy atom. The second-order valence-electron chi connectivity index (χ2n) is 6.93. The van der Waals surface area contributed by atoms with Crippen molar-refractivity contribution in [1.29, 1.82) is 0 Å². The van der Waals surface area contributed by atoms with Gasteiger partial charge in [0, 0.05) is 22.5 Å². The molecule has 0 atom stereocenters. The Morgan fingerprint density at radius 2 is 1.66 bits per heavy atom. The van der Waals surface area contributed by atoms with Crippen molar-refractivity contribution in [2.24, 2.45) is 0 Å². The van der Waals surface area contributed by atoms with Crippen LogP contribution < -0.4 is 15.4 Å². The first-order valence-electron chi connectivity index (χ1n) is 10.1. The second kappa shape index (κ2) is 9.70. The summed E-state index contributed by atoms with van der Waals surface area (Å²) in [6.07, 6.45) is 0. The van der Waals surface area contributed by atoms with E-state index in [1.54, 1.807) is 60.7 Å². The zero-order valence-corrected chi connectivity index (χ0v) is 17.4. The number of aromatic nitrogens is 2. The number of hydrogen-bond acceptors (Lipinski definition) is 5. The molecule has 2 N–H and O–H groups in total. The number of hydrogen-bond donors (Lipinski definition) is 2. The Bertz CT molecular complexity index is 1190. The molecule has 0 aliphatic rings. The van der Waals surface area contributed by atoms with E-state index in [1.807, 2.05) is 19.1 Å². The smallest absolute Gasteiger partial charge is 0.255 e. The number of benzene rings is 3. The van der Waals surface area contributed by atoms with Crippen LogP contribution in [0.1, 0.15) is 17.3 Å². The minimum Gasteiger partial charge on any atom is -0.494 e. The minimum absolute atomic E-state index is 0.208. The summed E-state index contributed by atoms with van der Waals surface area (Å²) < 4.78 is 18.8. The van der Waals surface area contributed by atoms with Gasteiger partial charge in [-0.05, 0) is 79.7 Å². The van der Waals surface area contributed by atoms with Crippen LogP contribution in [-0.4, -0.2) is 22.7 Å². The fourth-order valence-electron chi connectivity index (χ4n) is 3.06. The van der Waals surface area contributed by atoms with Crippen LogP contribution >= 0.6 is 0 Å². The normalized spacial score (nSPS) is 10.4. The van der Waals surface area contributed by atoms with E-state index in [1.165, 1.54) is 12.1 Å². The Balaban J connectivity index is 1.37. The highest BCUT2D eigenvalue weighted by molar-refractivity contribution is 6.04. The number of anilines is 3. The van der Waals surface area contributed by atoms with Crippen LogP contribution in [0, 0.1) is 5.82 Å². The monoisotopic (exact) mass is 428 g/mol. The Morgan fingerprint density at radius 3 is 2.31 bits per heavy atom. The molecule has 0 bridgehead atoms. The molecule has 1 heterocycles. The van der Waals surface area contributed by atoms with E-state index < -0.39 is 0 Å². The number of rotatable bonds is 7. The van der Waals surface area contributed by atoms with Crippen LogP contribution in [0.4, 0.5) is 21.6 Å². The zero-order valence-electron chi connectivity index (χ0n) is 17.4. The topological polar surface area (TPSA) is 76.1 Å². The molecule has 0 saturated carbocycles. The number of halogens is 1. The molecule has 0 unspecified atom stereocenters. The van der Waals surface area contributed by atoms with Gasteiger partial charge in [-0.1, -0.05) is 12.1 Å². The standard InChI is InChI=1S/C25H21FN4O2/c1-2-32-22-12-10-21(11-13-22)28-25(31)17-6-8-20(9-7-17)27-24-15-14-23(29-30-24)18-4-3-5-19(26)16-18/h3-16H,2H2,1H3,(H,27,30)(H,28,31). The summed E-state index contributed by atoms with van der Waals surface area (Å²) in [6.45, 7) is 2.51. The molecule has 0 saturated heterocycles. The zero-order chi connectivity index (χ0) is 22.3. The molecular formula is C25H21FN4O2. The van der Waals surface area contributed by atoms with Crippen molar-refractivity contribution >= 4 is 23.1 Å². The molecule has 0 fully saturated rings. The fraction of sp³-hybridized carbons (Fsp3) is 0.0800. The lowest BCUT2D eigenvalue weighted by Gasteiger charge is -2.09. The fourth-order valence-corrected chi connectivity index (χ4v) is 3.06. The van der Waals surface area contributed by atoms with Crippen molar-refractivity contribution in [3.63, 3.8) is 0 Å². The summed E-state index contributed by atoms with van der Waals surface area (Å²) in [5, 5.41) is 14.3. The molecule has 32 heavy (non-hydrogen) atoms. The lowest BCUT2D eigenvalue weighted by Crippen LogP contribution is -2.11. The maximum absolute atomic E-state index is 13.4. The van der Waals surface area contributed by atoms with Crippen molar-refractivity contribution in [1.82, 2.24) is 10.2 Å². The molecule has 0 aliphatic heterocycles. The highest BCUT2D eigenvalue weighted by Crippen LogP contribution is 2.21. The van der Waals surface area contributed by atoms with Gasteiger partial charge in [-0.25, -0.2) is 4.39 Å². The average Bonchev–Trinajstić information content (AvgIpc) is 2.81. The maximum atomic E-state index is 13.4. The lowest BCUT2D eigenvalue weighted by atomic mass is 10.1. The van der Waals surface area contributed by atoms with Crippen molar-refractivity contribution in [2.75, 3.05) is 17.2 Å². The van der Waals surface area contributed by atoms with Crippen LogP contribution in [0.15, 0.2) is 84.9 Å². The quantitative estimate of drug-likeness (QED) is 0.396. The number of nitrogens with one attached hydrogen (secondary N) is 2. The van der Waals surface area contributed by atoms with Gasteiger partial charge in [0.05, 0.1) is 12.3 Å². The Kier molecular flexibility index (Phi) is 6.36. The first-order valence-corrected chi connectivity index (χ1v) is 10.1. The highest BCUT2D eigenvalue weighted by atomic mass is 19.1. The molecule has 0 radical (unpaired) electrons.